The maximum atomic E-state index is 11.7. The molecule has 6 heteroatoms. The van der Waals surface area contributed by atoms with Gasteiger partial charge >= 0.3 is 6.03 Å². The zero-order valence-electron chi connectivity index (χ0n) is 12.7. The van der Waals surface area contributed by atoms with E-state index in [-0.39, 0.29) is 12.8 Å². The Kier molecular flexibility index (Phi) is 6.56. The van der Waals surface area contributed by atoms with Crippen LogP contribution in [0.4, 0.5) is 4.79 Å². The minimum absolute atomic E-state index is 0.0255. The summed E-state index contributed by atoms with van der Waals surface area (Å²) < 4.78 is 5.38. The first-order chi connectivity index (χ1) is 11.0. The van der Waals surface area contributed by atoms with E-state index in [9.17, 15) is 4.79 Å². The smallest absolute Gasteiger partial charge is 0.317 e. The fourth-order valence-corrected chi connectivity index (χ4v) is 2.37. The SMILES string of the molecule is Cc1ccc(CCNC(=O)NCOc2ccc(Cl)cc2Cl)cc1. The second-order valence-electron chi connectivity index (χ2n) is 5.03. The topological polar surface area (TPSA) is 50.4 Å². The Morgan fingerprint density at radius 1 is 1.09 bits per heavy atom. The minimum atomic E-state index is -0.290. The molecule has 2 amide bonds. The summed E-state index contributed by atoms with van der Waals surface area (Å²) in [6, 6.07) is 12.8. The number of ether oxygens (including phenoxy) is 1. The molecule has 0 saturated carbocycles. The van der Waals surface area contributed by atoms with Gasteiger partial charge in [0.15, 0.2) is 6.73 Å². The molecule has 0 aliphatic carbocycles. The van der Waals surface area contributed by atoms with Gasteiger partial charge < -0.3 is 15.4 Å². The monoisotopic (exact) mass is 352 g/mol. The summed E-state index contributed by atoms with van der Waals surface area (Å²) in [5, 5.41) is 6.31. The highest BCUT2D eigenvalue weighted by Crippen LogP contribution is 2.27. The molecule has 0 bridgehead atoms. The fourth-order valence-electron chi connectivity index (χ4n) is 1.91. The molecule has 0 heterocycles. The van der Waals surface area contributed by atoms with Crippen LogP contribution in [0, 0.1) is 6.92 Å². The zero-order valence-corrected chi connectivity index (χ0v) is 14.2. The lowest BCUT2D eigenvalue weighted by atomic mass is 10.1. The lowest BCUT2D eigenvalue weighted by Gasteiger charge is -2.10. The molecule has 0 aromatic heterocycles. The van der Waals surface area contributed by atoms with E-state index in [0.29, 0.717) is 22.3 Å². The molecular weight excluding hydrogens is 335 g/mol. The Morgan fingerprint density at radius 2 is 1.83 bits per heavy atom. The van der Waals surface area contributed by atoms with E-state index in [2.05, 4.69) is 34.9 Å². The number of carbonyl (C=O) groups excluding carboxylic acids is 1. The zero-order chi connectivity index (χ0) is 16.7. The summed E-state index contributed by atoms with van der Waals surface area (Å²) in [5.41, 5.74) is 2.40. The van der Waals surface area contributed by atoms with Crippen LogP contribution in [-0.4, -0.2) is 19.3 Å². The van der Waals surface area contributed by atoms with Crippen LogP contribution in [0.25, 0.3) is 0 Å². The molecule has 2 N–H and O–H groups in total. The fraction of sp³-hybridized carbons (Fsp3) is 0.235. The summed E-state index contributed by atoms with van der Waals surface area (Å²) in [6.45, 7) is 2.62. The summed E-state index contributed by atoms with van der Waals surface area (Å²) in [7, 11) is 0. The third-order valence-corrected chi connectivity index (χ3v) is 3.70. The van der Waals surface area contributed by atoms with E-state index in [1.165, 1.54) is 11.1 Å². The van der Waals surface area contributed by atoms with E-state index < -0.39 is 0 Å². The molecule has 2 aromatic rings. The third-order valence-electron chi connectivity index (χ3n) is 3.17. The van der Waals surface area contributed by atoms with Crippen molar-refractivity contribution in [2.75, 3.05) is 13.3 Å². The molecule has 0 unspecified atom stereocenters. The molecule has 2 rings (SSSR count). The molecule has 0 aliphatic rings. The van der Waals surface area contributed by atoms with Crippen LogP contribution in [0.1, 0.15) is 11.1 Å². The van der Waals surface area contributed by atoms with Crippen molar-refractivity contribution in [3.05, 3.63) is 63.6 Å². The summed E-state index contributed by atoms with van der Waals surface area (Å²) in [4.78, 5) is 11.7. The van der Waals surface area contributed by atoms with Gasteiger partial charge in [-0.25, -0.2) is 4.79 Å². The highest BCUT2D eigenvalue weighted by Gasteiger charge is 2.04. The van der Waals surface area contributed by atoms with Crippen LogP contribution in [0.15, 0.2) is 42.5 Å². The van der Waals surface area contributed by atoms with E-state index in [0.717, 1.165) is 6.42 Å². The molecule has 0 saturated heterocycles. The molecule has 0 radical (unpaired) electrons. The Morgan fingerprint density at radius 3 is 2.52 bits per heavy atom. The van der Waals surface area contributed by atoms with Crippen molar-refractivity contribution in [1.29, 1.82) is 0 Å². The van der Waals surface area contributed by atoms with Crippen molar-refractivity contribution in [3.8, 4) is 5.75 Å². The number of hydrogen-bond donors (Lipinski definition) is 2. The molecule has 0 fully saturated rings. The van der Waals surface area contributed by atoms with Crippen LogP contribution >= 0.6 is 23.2 Å². The van der Waals surface area contributed by atoms with Gasteiger partial charge in [0.25, 0.3) is 0 Å². The average Bonchev–Trinajstić information content (AvgIpc) is 2.51. The van der Waals surface area contributed by atoms with Crippen LogP contribution in [0.3, 0.4) is 0 Å². The number of aryl methyl sites for hydroxylation is 1. The average molecular weight is 353 g/mol. The number of urea groups is 1. The van der Waals surface area contributed by atoms with Crippen LogP contribution in [0.2, 0.25) is 10.0 Å². The van der Waals surface area contributed by atoms with E-state index in [1.54, 1.807) is 18.2 Å². The number of nitrogens with one attached hydrogen (secondary N) is 2. The predicted octanol–water partition coefficient (Wildman–Crippen LogP) is 4.18. The van der Waals surface area contributed by atoms with Gasteiger partial charge in [-0.3, -0.25) is 0 Å². The molecule has 122 valence electrons. The first kappa shape index (κ1) is 17.4. The molecule has 4 nitrogen and oxygen atoms in total. The first-order valence-electron chi connectivity index (χ1n) is 7.19. The Hall–Kier alpha value is -1.91. The lowest BCUT2D eigenvalue weighted by Crippen LogP contribution is -2.38. The molecule has 23 heavy (non-hydrogen) atoms. The molecule has 2 aromatic carbocycles. The van der Waals surface area contributed by atoms with Gasteiger partial charge in [-0.05, 0) is 37.1 Å². The van der Waals surface area contributed by atoms with Crippen molar-refractivity contribution in [1.82, 2.24) is 10.6 Å². The van der Waals surface area contributed by atoms with Crippen molar-refractivity contribution in [3.63, 3.8) is 0 Å². The standard InChI is InChI=1S/C17H18Cl2N2O2/c1-12-2-4-13(5-3-12)8-9-20-17(22)21-11-23-16-7-6-14(18)10-15(16)19/h2-7,10H,8-9,11H2,1H3,(H2,20,21,22). The second-order valence-corrected chi connectivity index (χ2v) is 5.88. The Bertz CT molecular complexity index is 660. The molecule has 0 aliphatic heterocycles. The van der Waals surface area contributed by atoms with Gasteiger partial charge in [-0.1, -0.05) is 53.0 Å². The normalized spacial score (nSPS) is 10.2. The quantitative estimate of drug-likeness (QED) is 0.766. The summed E-state index contributed by atoms with van der Waals surface area (Å²) >= 11 is 11.8. The van der Waals surface area contributed by atoms with Gasteiger partial charge in [0, 0.05) is 11.6 Å². The highest BCUT2D eigenvalue weighted by atomic mass is 35.5. The lowest BCUT2D eigenvalue weighted by molar-refractivity contribution is 0.224. The third kappa shape index (κ3) is 6.00. The van der Waals surface area contributed by atoms with Crippen molar-refractivity contribution < 1.29 is 9.53 Å². The van der Waals surface area contributed by atoms with Gasteiger partial charge in [0.2, 0.25) is 0 Å². The van der Waals surface area contributed by atoms with Crippen LogP contribution < -0.4 is 15.4 Å². The number of halogens is 2. The van der Waals surface area contributed by atoms with Gasteiger partial charge in [0.05, 0.1) is 5.02 Å². The van der Waals surface area contributed by atoms with E-state index in [1.807, 2.05) is 6.92 Å². The Labute approximate surface area is 145 Å². The largest absolute Gasteiger partial charge is 0.472 e. The van der Waals surface area contributed by atoms with Crippen molar-refractivity contribution in [2.45, 2.75) is 13.3 Å². The van der Waals surface area contributed by atoms with Crippen LogP contribution in [0.5, 0.6) is 5.75 Å². The number of rotatable bonds is 6. The van der Waals surface area contributed by atoms with Gasteiger partial charge in [0.1, 0.15) is 5.75 Å². The number of carbonyl (C=O) groups is 1. The minimum Gasteiger partial charge on any atom is -0.472 e. The maximum Gasteiger partial charge on any atom is 0.317 e. The van der Waals surface area contributed by atoms with E-state index >= 15 is 0 Å². The maximum absolute atomic E-state index is 11.7. The first-order valence-corrected chi connectivity index (χ1v) is 7.95. The highest BCUT2D eigenvalue weighted by molar-refractivity contribution is 6.35. The van der Waals surface area contributed by atoms with Gasteiger partial charge in [-0.2, -0.15) is 0 Å². The number of hydrogen-bond acceptors (Lipinski definition) is 2. The molecule has 0 atom stereocenters. The molecule has 0 spiro atoms. The van der Waals surface area contributed by atoms with Crippen molar-refractivity contribution >= 4 is 29.2 Å². The van der Waals surface area contributed by atoms with Gasteiger partial charge in [-0.15, -0.1) is 0 Å². The summed E-state index contributed by atoms with van der Waals surface area (Å²) in [5.74, 6) is 0.469. The second kappa shape index (κ2) is 8.65. The number of amides is 2. The predicted molar refractivity (Wildman–Crippen MR) is 93.4 cm³/mol. The summed E-state index contributed by atoms with van der Waals surface area (Å²) in [6.07, 6.45) is 0.775. The van der Waals surface area contributed by atoms with E-state index in [4.69, 9.17) is 27.9 Å². The Balaban J connectivity index is 1.66. The number of benzene rings is 2. The molecular formula is C17H18Cl2N2O2. The van der Waals surface area contributed by atoms with Crippen LogP contribution in [-0.2, 0) is 6.42 Å². The van der Waals surface area contributed by atoms with Crippen molar-refractivity contribution in [2.24, 2.45) is 0 Å².